The molecule has 1 atom stereocenters. The van der Waals surface area contributed by atoms with Gasteiger partial charge in [-0.25, -0.2) is 0 Å². The standard InChI is InChI=1S/C13H26N2O/c1-4-13(10(2)3,12(14)16)15-11-8-6-5-7-9-11/h10-11,15H,4-9H2,1-3H3,(H2,14,16). The van der Waals surface area contributed by atoms with Gasteiger partial charge in [-0.2, -0.15) is 0 Å². The number of carbonyl (C=O) groups excluding carboxylic acids is 1. The molecule has 1 fully saturated rings. The highest BCUT2D eigenvalue weighted by Gasteiger charge is 2.39. The Morgan fingerprint density at radius 1 is 1.38 bits per heavy atom. The average Bonchev–Trinajstić information content (AvgIpc) is 2.26. The van der Waals surface area contributed by atoms with Gasteiger partial charge in [0.2, 0.25) is 5.91 Å². The third-order valence-corrected chi connectivity index (χ3v) is 4.05. The highest BCUT2D eigenvalue weighted by atomic mass is 16.1. The van der Waals surface area contributed by atoms with Gasteiger partial charge < -0.3 is 11.1 Å². The van der Waals surface area contributed by atoms with Crippen LogP contribution in [0.2, 0.25) is 0 Å². The number of nitrogens with two attached hydrogens (primary N) is 1. The smallest absolute Gasteiger partial charge is 0.237 e. The molecule has 0 aliphatic heterocycles. The lowest BCUT2D eigenvalue weighted by atomic mass is 9.81. The van der Waals surface area contributed by atoms with E-state index in [1.807, 2.05) is 6.92 Å². The molecule has 1 aliphatic carbocycles. The Hall–Kier alpha value is -0.570. The van der Waals surface area contributed by atoms with E-state index in [-0.39, 0.29) is 11.8 Å². The summed E-state index contributed by atoms with van der Waals surface area (Å²) in [5.41, 5.74) is 5.09. The summed E-state index contributed by atoms with van der Waals surface area (Å²) in [5.74, 6) is 0.0486. The van der Waals surface area contributed by atoms with Crippen molar-refractivity contribution in [2.24, 2.45) is 11.7 Å². The van der Waals surface area contributed by atoms with Crippen molar-refractivity contribution >= 4 is 5.91 Å². The zero-order chi connectivity index (χ0) is 12.2. The number of hydrogen-bond acceptors (Lipinski definition) is 2. The molecule has 0 saturated heterocycles. The topological polar surface area (TPSA) is 55.1 Å². The lowest BCUT2D eigenvalue weighted by Gasteiger charge is -2.39. The predicted molar refractivity (Wildman–Crippen MR) is 67.1 cm³/mol. The van der Waals surface area contributed by atoms with Crippen LogP contribution in [0.15, 0.2) is 0 Å². The van der Waals surface area contributed by atoms with Crippen molar-refractivity contribution in [2.45, 2.75) is 70.9 Å². The summed E-state index contributed by atoms with van der Waals surface area (Å²) in [6, 6.07) is 0.476. The first-order chi connectivity index (χ1) is 7.53. The van der Waals surface area contributed by atoms with Crippen LogP contribution in [-0.4, -0.2) is 17.5 Å². The maximum atomic E-state index is 11.7. The number of rotatable bonds is 5. The van der Waals surface area contributed by atoms with Crippen LogP contribution in [0.25, 0.3) is 0 Å². The molecule has 0 aromatic rings. The van der Waals surface area contributed by atoms with E-state index in [9.17, 15) is 4.79 Å². The van der Waals surface area contributed by atoms with Crippen LogP contribution in [0.5, 0.6) is 0 Å². The Morgan fingerprint density at radius 2 is 1.94 bits per heavy atom. The second-order valence-electron chi connectivity index (χ2n) is 5.32. The van der Waals surface area contributed by atoms with Crippen LogP contribution in [0.4, 0.5) is 0 Å². The minimum atomic E-state index is -0.512. The van der Waals surface area contributed by atoms with Gasteiger partial charge in [0.15, 0.2) is 0 Å². The second-order valence-corrected chi connectivity index (χ2v) is 5.32. The summed E-state index contributed by atoms with van der Waals surface area (Å²) < 4.78 is 0. The fourth-order valence-electron chi connectivity index (χ4n) is 2.82. The summed E-state index contributed by atoms with van der Waals surface area (Å²) in [6.07, 6.45) is 7.01. The molecular weight excluding hydrogens is 200 g/mol. The molecule has 1 saturated carbocycles. The zero-order valence-electron chi connectivity index (χ0n) is 10.9. The minimum absolute atomic E-state index is 0.199. The summed E-state index contributed by atoms with van der Waals surface area (Å²) in [7, 11) is 0. The van der Waals surface area contributed by atoms with Crippen LogP contribution < -0.4 is 11.1 Å². The van der Waals surface area contributed by atoms with Gasteiger partial charge in [0.05, 0.1) is 5.54 Å². The number of primary amides is 1. The van der Waals surface area contributed by atoms with Gasteiger partial charge >= 0.3 is 0 Å². The highest BCUT2D eigenvalue weighted by Crippen LogP contribution is 2.26. The molecule has 1 unspecified atom stereocenters. The van der Waals surface area contributed by atoms with Crippen molar-refractivity contribution in [3.63, 3.8) is 0 Å². The van der Waals surface area contributed by atoms with E-state index in [0.717, 1.165) is 6.42 Å². The molecular formula is C13H26N2O. The van der Waals surface area contributed by atoms with Crippen molar-refractivity contribution in [1.29, 1.82) is 0 Å². The molecule has 3 N–H and O–H groups in total. The second kappa shape index (κ2) is 5.67. The quantitative estimate of drug-likeness (QED) is 0.755. The van der Waals surface area contributed by atoms with Crippen molar-refractivity contribution in [3.05, 3.63) is 0 Å². The van der Waals surface area contributed by atoms with E-state index in [1.165, 1.54) is 32.1 Å². The molecule has 1 amide bonds. The summed E-state index contributed by atoms with van der Waals surface area (Å²) in [6.45, 7) is 6.19. The lowest BCUT2D eigenvalue weighted by Crippen LogP contribution is -2.61. The number of hydrogen-bond donors (Lipinski definition) is 2. The van der Waals surface area contributed by atoms with Gasteiger partial charge in [-0.05, 0) is 25.2 Å². The molecule has 0 bridgehead atoms. The first kappa shape index (κ1) is 13.5. The highest BCUT2D eigenvalue weighted by molar-refractivity contribution is 5.85. The number of carbonyl (C=O) groups is 1. The molecule has 3 nitrogen and oxygen atoms in total. The molecule has 0 spiro atoms. The van der Waals surface area contributed by atoms with E-state index in [1.54, 1.807) is 0 Å². The van der Waals surface area contributed by atoms with E-state index in [2.05, 4.69) is 19.2 Å². The molecule has 3 heteroatoms. The Morgan fingerprint density at radius 3 is 2.31 bits per heavy atom. The van der Waals surface area contributed by atoms with Crippen LogP contribution in [0.3, 0.4) is 0 Å². The average molecular weight is 226 g/mol. The fourth-order valence-corrected chi connectivity index (χ4v) is 2.82. The summed E-state index contributed by atoms with van der Waals surface area (Å²) in [4.78, 5) is 11.7. The molecule has 16 heavy (non-hydrogen) atoms. The number of amides is 1. The van der Waals surface area contributed by atoms with Crippen molar-refractivity contribution in [1.82, 2.24) is 5.32 Å². The van der Waals surface area contributed by atoms with Crippen molar-refractivity contribution in [3.8, 4) is 0 Å². The summed E-state index contributed by atoms with van der Waals surface area (Å²) in [5, 5.41) is 3.54. The Balaban J connectivity index is 2.72. The molecule has 0 radical (unpaired) electrons. The van der Waals surface area contributed by atoms with Crippen molar-refractivity contribution in [2.75, 3.05) is 0 Å². The Kier molecular flexibility index (Phi) is 4.78. The maximum Gasteiger partial charge on any atom is 0.237 e. The monoisotopic (exact) mass is 226 g/mol. The third-order valence-electron chi connectivity index (χ3n) is 4.05. The SMILES string of the molecule is CCC(NC1CCCCC1)(C(N)=O)C(C)C. The van der Waals surface area contributed by atoms with Gasteiger partial charge in [-0.3, -0.25) is 4.79 Å². The van der Waals surface area contributed by atoms with Gasteiger partial charge in [-0.15, -0.1) is 0 Å². The number of nitrogens with one attached hydrogen (secondary N) is 1. The van der Waals surface area contributed by atoms with E-state index in [4.69, 9.17) is 5.73 Å². The van der Waals surface area contributed by atoms with Gasteiger partial charge in [0, 0.05) is 6.04 Å². The molecule has 1 aliphatic rings. The fraction of sp³-hybridized carbons (Fsp3) is 0.923. The first-order valence-electron chi connectivity index (χ1n) is 6.60. The van der Waals surface area contributed by atoms with Gasteiger partial charge in [0.1, 0.15) is 0 Å². The Labute approximate surface area is 99.2 Å². The molecule has 94 valence electrons. The van der Waals surface area contributed by atoms with E-state index >= 15 is 0 Å². The molecule has 0 aromatic carbocycles. The van der Waals surface area contributed by atoms with Crippen molar-refractivity contribution < 1.29 is 4.79 Å². The molecule has 0 heterocycles. The predicted octanol–water partition coefficient (Wildman–Crippen LogP) is 2.20. The van der Waals surface area contributed by atoms with Crippen LogP contribution >= 0.6 is 0 Å². The van der Waals surface area contributed by atoms with Crippen LogP contribution in [0.1, 0.15) is 59.3 Å². The normalized spacial score (nSPS) is 22.0. The first-order valence-corrected chi connectivity index (χ1v) is 6.60. The van der Waals surface area contributed by atoms with Crippen LogP contribution in [0, 0.1) is 5.92 Å². The van der Waals surface area contributed by atoms with Gasteiger partial charge in [-0.1, -0.05) is 40.0 Å². The third kappa shape index (κ3) is 2.76. The lowest BCUT2D eigenvalue weighted by molar-refractivity contribution is -0.127. The minimum Gasteiger partial charge on any atom is -0.368 e. The Bertz CT molecular complexity index is 234. The van der Waals surface area contributed by atoms with Gasteiger partial charge in [0.25, 0.3) is 0 Å². The maximum absolute atomic E-state index is 11.7. The van der Waals surface area contributed by atoms with E-state index in [0.29, 0.717) is 6.04 Å². The largest absolute Gasteiger partial charge is 0.368 e. The van der Waals surface area contributed by atoms with Crippen LogP contribution in [-0.2, 0) is 4.79 Å². The summed E-state index contributed by atoms with van der Waals surface area (Å²) >= 11 is 0. The zero-order valence-corrected chi connectivity index (χ0v) is 10.9. The molecule has 1 rings (SSSR count). The molecule has 0 aromatic heterocycles. The van der Waals surface area contributed by atoms with E-state index < -0.39 is 5.54 Å².